The summed E-state index contributed by atoms with van der Waals surface area (Å²) in [4.78, 5) is 14.4. The van der Waals surface area contributed by atoms with Crippen LogP contribution >= 0.6 is 12.4 Å². The van der Waals surface area contributed by atoms with E-state index in [1.165, 1.54) is 6.42 Å². The number of nitrogens with zero attached hydrogens (tertiary/aromatic N) is 1. The molecule has 2 rings (SSSR count). The second-order valence-electron chi connectivity index (χ2n) is 5.88. The third-order valence-corrected chi connectivity index (χ3v) is 4.45. The van der Waals surface area contributed by atoms with E-state index in [1.54, 1.807) is 0 Å². The first-order valence-corrected chi connectivity index (χ1v) is 6.61. The van der Waals surface area contributed by atoms with E-state index in [-0.39, 0.29) is 18.3 Å². The summed E-state index contributed by atoms with van der Waals surface area (Å²) >= 11 is 0. The smallest absolute Gasteiger partial charge is 0.242 e. The van der Waals surface area contributed by atoms with Crippen LogP contribution in [0.25, 0.3) is 0 Å². The van der Waals surface area contributed by atoms with E-state index in [1.807, 2.05) is 4.90 Å². The van der Waals surface area contributed by atoms with Crippen LogP contribution in [0.4, 0.5) is 0 Å². The SMILES string of the molecule is CC1CN(C(=O)C2(N)CCCCC2)CC1C.Cl. The van der Waals surface area contributed by atoms with Gasteiger partial charge in [0, 0.05) is 13.1 Å². The van der Waals surface area contributed by atoms with Gasteiger partial charge in [0.2, 0.25) is 5.91 Å². The van der Waals surface area contributed by atoms with Crippen molar-refractivity contribution in [3.63, 3.8) is 0 Å². The molecule has 3 nitrogen and oxygen atoms in total. The first kappa shape index (κ1) is 14.8. The van der Waals surface area contributed by atoms with Gasteiger partial charge < -0.3 is 10.6 Å². The molecule has 1 amide bonds. The number of carbonyl (C=O) groups is 1. The van der Waals surface area contributed by atoms with E-state index in [2.05, 4.69) is 13.8 Å². The second kappa shape index (κ2) is 5.57. The van der Waals surface area contributed by atoms with Gasteiger partial charge in [-0.1, -0.05) is 33.1 Å². The average Bonchev–Trinajstić information content (AvgIpc) is 2.59. The third kappa shape index (κ3) is 2.94. The van der Waals surface area contributed by atoms with Crippen LogP contribution < -0.4 is 5.73 Å². The minimum Gasteiger partial charge on any atom is -0.341 e. The Balaban J connectivity index is 0.00000144. The predicted octanol–water partition coefficient (Wildman–Crippen LogP) is 2.18. The molecule has 1 saturated carbocycles. The molecule has 1 heterocycles. The molecule has 0 aromatic rings. The summed E-state index contributed by atoms with van der Waals surface area (Å²) in [6.07, 6.45) is 5.22. The molecular weight excluding hydrogens is 236 g/mol. The number of amides is 1. The molecular formula is C13H25ClN2O. The summed E-state index contributed by atoms with van der Waals surface area (Å²) in [7, 11) is 0. The van der Waals surface area contributed by atoms with Crippen LogP contribution in [0.1, 0.15) is 46.0 Å². The van der Waals surface area contributed by atoms with Crippen molar-refractivity contribution in [1.29, 1.82) is 0 Å². The van der Waals surface area contributed by atoms with Gasteiger partial charge in [-0.2, -0.15) is 0 Å². The van der Waals surface area contributed by atoms with Crippen molar-refractivity contribution in [3.05, 3.63) is 0 Å². The largest absolute Gasteiger partial charge is 0.341 e. The quantitative estimate of drug-likeness (QED) is 0.786. The molecule has 17 heavy (non-hydrogen) atoms. The molecule has 2 fully saturated rings. The first-order valence-electron chi connectivity index (χ1n) is 6.61. The van der Waals surface area contributed by atoms with Crippen LogP contribution in [0.2, 0.25) is 0 Å². The summed E-state index contributed by atoms with van der Waals surface area (Å²) in [5.41, 5.74) is 5.74. The first-order chi connectivity index (χ1) is 7.53. The molecule has 2 N–H and O–H groups in total. The van der Waals surface area contributed by atoms with Crippen molar-refractivity contribution in [2.45, 2.75) is 51.5 Å². The van der Waals surface area contributed by atoms with Crippen molar-refractivity contribution in [1.82, 2.24) is 4.90 Å². The van der Waals surface area contributed by atoms with Crippen LogP contribution in [0.15, 0.2) is 0 Å². The highest BCUT2D eigenvalue weighted by atomic mass is 35.5. The molecule has 1 saturated heterocycles. The lowest BCUT2D eigenvalue weighted by Crippen LogP contribution is -2.55. The van der Waals surface area contributed by atoms with Gasteiger partial charge in [-0.15, -0.1) is 12.4 Å². The highest BCUT2D eigenvalue weighted by Crippen LogP contribution is 2.31. The minimum absolute atomic E-state index is 0. The number of likely N-dealkylation sites (tertiary alicyclic amines) is 1. The van der Waals surface area contributed by atoms with E-state index < -0.39 is 5.54 Å². The maximum Gasteiger partial charge on any atom is 0.242 e. The Morgan fingerprint density at radius 2 is 1.59 bits per heavy atom. The maximum atomic E-state index is 12.4. The Kier molecular flexibility index (Phi) is 4.85. The molecule has 1 aliphatic carbocycles. The van der Waals surface area contributed by atoms with Crippen LogP contribution in [0, 0.1) is 11.8 Å². The fourth-order valence-corrected chi connectivity index (χ4v) is 3.01. The van der Waals surface area contributed by atoms with Crippen molar-refractivity contribution in [2.75, 3.05) is 13.1 Å². The standard InChI is InChI=1S/C13H24N2O.ClH/c1-10-8-15(9-11(10)2)12(16)13(14)6-4-3-5-7-13;/h10-11H,3-9,14H2,1-2H3;1H. The third-order valence-electron chi connectivity index (χ3n) is 4.45. The van der Waals surface area contributed by atoms with E-state index in [4.69, 9.17) is 5.73 Å². The molecule has 2 unspecified atom stereocenters. The monoisotopic (exact) mass is 260 g/mol. The zero-order chi connectivity index (χ0) is 11.8. The minimum atomic E-state index is -0.540. The van der Waals surface area contributed by atoms with Gasteiger partial charge in [-0.25, -0.2) is 0 Å². The Morgan fingerprint density at radius 3 is 2.06 bits per heavy atom. The normalized spacial score (nSPS) is 32.1. The van der Waals surface area contributed by atoms with Crippen molar-refractivity contribution < 1.29 is 4.79 Å². The highest BCUT2D eigenvalue weighted by molar-refractivity contribution is 5.86. The Bertz CT molecular complexity index is 267. The van der Waals surface area contributed by atoms with Gasteiger partial charge in [0.25, 0.3) is 0 Å². The second-order valence-corrected chi connectivity index (χ2v) is 5.88. The zero-order valence-corrected chi connectivity index (χ0v) is 11.8. The van der Waals surface area contributed by atoms with E-state index in [9.17, 15) is 4.79 Å². The summed E-state index contributed by atoms with van der Waals surface area (Å²) in [5, 5.41) is 0. The summed E-state index contributed by atoms with van der Waals surface area (Å²) in [6, 6.07) is 0. The number of nitrogens with two attached hydrogens (primary N) is 1. The van der Waals surface area contributed by atoms with Crippen molar-refractivity contribution >= 4 is 18.3 Å². The molecule has 2 aliphatic rings. The predicted molar refractivity (Wildman–Crippen MR) is 72.2 cm³/mol. The Morgan fingerprint density at radius 1 is 1.12 bits per heavy atom. The molecule has 0 spiro atoms. The van der Waals surface area contributed by atoms with E-state index in [0.29, 0.717) is 11.8 Å². The van der Waals surface area contributed by atoms with Gasteiger partial charge >= 0.3 is 0 Å². The fourth-order valence-electron chi connectivity index (χ4n) is 3.01. The maximum absolute atomic E-state index is 12.4. The van der Waals surface area contributed by atoms with Gasteiger partial charge in [0.15, 0.2) is 0 Å². The molecule has 2 atom stereocenters. The molecule has 0 aromatic heterocycles. The van der Waals surface area contributed by atoms with E-state index >= 15 is 0 Å². The summed E-state index contributed by atoms with van der Waals surface area (Å²) in [6.45, 7) is 6.25. The molecule has 1 aliphatic heterocycles. The van der Waals surface area contributed by atoms with Crippen LogP contribution in [-0.4, -0.2) is 29.4 Å². The van der Waals surface area contributed by atoms with Gasteiger partial charge in [-0.3, -0.25) is 4.79 Å². The number of rotatable bonds is 1. The fraction of sp³-hybridized carbons (Fsp3) is 0.923. The summed E-state index contributed by atoms with van der Waals surface area (Å²) in [5.74, 6) is 1.45. The van der Waals surface area contributed by atoms with Crippen molar-refractivity contribution in [2.24, 2.45) is 17.6 Å². The lowest BCUT2D eigenvalue weighted by Gasteiger charge is -2.35. The summed E-state index contributed by atoms with van der Waals surface area (Å²) < 4.78 is 0. The molecule has 100 valence electrons. The number of carbonyl (C=O) groups excluding carboxylic acids is 1. The van der Waals surface area contributed by atoms with Gasteiger partial charge in [0.1, 0.15) is 0 Å². The number of hydrogen-bond donors (Lipinski definition) is 1. The van der Waals surface area contributed by atoms with E-state index in [0.717, 1.165) is 38.8 Å². The van der Waals surface area contributed by atoms with Gasteiger partial charge in [0.05, 0.1) is 5.54 Å². The molecule has 0 aromatic carbocycles. The average molecular weight is 261 g/mol. The highest BCUT2D eigenvalue weighted by Gasteiger charge is 2.41. The molecule has 0 bridgehead atoms. The lowest BCUT2D eigenvalue weighted by atomic mass is 9.81. The lowest BCUT2D eigenvalue weighted by molar-refractivity contribution is -0.137. The molecule has 0 radical (unpaired) electrons. The number of hydrogen-bond acceptors (Lipinski definition) is 2. The molecule has 4 heteroatoms. The zero-order valence-electron chi connectivity index (χ0n) is 10.9. The van der Waals surface area contributed by atoms with Crippen LogP contribution in [0.3, 0.4) is 0 Å². The van der Waals surface area contributed by atoms with Crippen LogP contribution in [-0.2, 0) is 4.79 Å². The topological polar surface area (TPSA) is 46.3 Å². The Labute approximate surface area is 111 Å². The van der Waals surface area contributed by atoms with Crippen molar-refractivity contribution in [3.8, 4) is 0 Å². The van der Waals surface area contributed by atoms with Crippen LogP contribution in [0.5, 0.6) is 0 Å². The van der Waals surface area contributed by atoms with Gasteiger partial charge in [-0.05, 0) is 24.7 Å². The Hall–Kier alpha value is -0.280. The number of halogens is 1.